The standard InChI is InChI=1S/C38H48N4O20S/c1-19(43)6-10-57-12-14-59-15-13-58-11-7-25(44)39-8-4-26(45)40-22-16-20(2-3-23(22)61-37-30(48)28(46)29(47)31(62-37)35(52)53)18-60-38(56)42-9-5-21-24(17-42)63-33(27(21)34(50)51)41-32(49)36(54)55/h2-3,16,28-31,37,46-48H,4-15,17-18H2,1H3,(H,39,44)(H,40,45)(H,41,49)(H,50,51)(H,52,53)(H,54,55)/t28-,29-,30+,31-,37+/m0/s1. The van der Waals surface area contributed by atoms with Gasteiger partial charge in [0.1, 0.15) is 41.5 Å². The Hall–Kier alpha value is -5.80. The number of aromatic carboxylic acids is 1. The van der Waals surface area contributed by atoms with Crippen molar-refractivity contribution in [3.8, 4) is 5.75 Å². The zero-order valence-corrected chi connectivity index (χ0v) is 34.6. The molecule has 1 saturated heterocycles. The van der Waals surface area contributed by atoms with Crippen molar-refractivity contribution in [3.63, 3.8) is 0 Å². The van der Waals surface area contributed by atoms with Crippen LogP contribution in [0.4, 0.5) is 15.5 Å². The van der Waals surface area contributed by atoms with Crippen LogP contribution in [-0.4, -0.2) is 166 Å². The molecule has 24 nitrogen and oxygen atoms in total. The van der Waals surface area contributed by atoms with Gasteiger partial charge in [0.05, 0.1) is 57.4 Å². The summed E-state index contributed by atoms with van der Waals surface area (Å²) in [5.41, 5.74) is 0.217. The van der Waals surface area contributed by atoms with E-state index in [9.17, 15) is 63.9 Å². The molecule has 4 amide bonds. The van der Waals surface area contributed by atoms with Crippen LogP contribution in [0.15, 0.2) is 18.2 Å². The number of fused-ring (bicyclic) bond motifs is 1. The number of benzene rings is 1. The number of ketones is 1. The van der Waals surface area contributed by atoms with E-state index in [0.717, 1.165) is 11.3 Å². The molecule has 0 bridgehead atoms. The minimum Gasteiger partial charge on any atom is -0.479 e. The van der Waals surface area contributed by atoms with Crippen LogP contribution in [0.1, 0.15) is 52.5 Å². The summed E-state index contributed by atoms with van der Waals surface area (Å²) in [4.78, 5) is 97.4. The third-order valence-electron chi connectivity index (χ3n) is 9.18. The molecule has 0 radical (unpaired) electrons. The van der Waals surface area contributed by atoms with Gasteiger partial charge in [-0.15, -0.1) is 11.3 Å². The van der Waals surface area contributed by atoms with Gasteiger partial charge in [-0.3, -0.25) is 19.2 Å². The van der Waals surface area contributed by atoms with Crippen molar-refractivity contribution in [3.05, 3.63) is 39.8 Å². The number of rotatable bonds is 23. The van der Waals surface area contributed by atoms with E-state index in [1.165, 1.54) is 30.0 Å². The van der Waals surface area contributed by atoms with Crippen LogP contribution in [0.25, 0.3) is 0 Å². The highest BCUT2D eigenvalue weighted by molar-refractivity contribution is 7.17. The normalized spacial score (nSPS) is 19.3. The van der Waals surface area contributed by atoms with E-state index >= 15 is 0 Å². The Labute approximate surface area is 361 Å². The number of amides is 4. The number of hydrogen-bond acceptors (Lipinski definition) is 18. The van der Waals surface area contributed by atoms with Gasteiger partial charge in [-0.25, -0.2) is 19.2 Å². The van der Waals surface area contributed by atoms with Crippen LogP contribution in [0.5, 0.6) is 5.75 Å². The first kappa shape index (κ1) is 49.9. The molecule has 9 N–H and O–H groups in total. The van der Waals surface area contributed by atoms with Crippen LogP contribution in [0.2, 0.25) is 0 Å². The first-order valence-corrected chi connectivity index (χ1v) is 20.1. The molecule has 25 heteroatoms. The lowest BCUT2D eigenvalue weighted by Crippen LogP contribution is -2.61. The molecule has 1 fully saturated rings. The molecule has 2 aliphatic heterocycles. The summed E-state index contributed by atoms with van der Waals surface area (Å²) in [6, 6.07) is 3.97. The number of Topliss-reactive ketones (excluding diaryl/α,β-unsaturated/α-hetero) is 1. The first-order chi connectivity index (χ1) is 30.0. The summed E-state index contributed by atoms with van der Waals surface area (Å²) in [7, 11) is 0. The summed E-state index contributed by atoms with van der Waals surface area (Å²) >= 11 is 0.801. The molecule has 1 aromatic carbocycles. The van der Waals surface area contributed by atoms with E-state index in [4.69, 9.17) is 33.5 Å². The molecule has 63 heavy (non-hydrogen) atoms. The van der Waals surface area contributed by atoms with Gasteiger partial charge in [0.25, 0.3) is 0 Å². The lowest BCUT2D eigenvalue weighted by molar-refractivity contribution is -0.271. The van der Waals surface area contributed by atoms with E-state index in [2.05, 4.69) is 16.0 Å². The SMILES string of the molecule is CC(=O)CCOCCOCCOCCC(=O)NCCC(=O)Nc1cc(COC(=O)N2CCc3c(sc(NC(=O)C(=O)O)c3C(=O)O)C2)ccc1O[C@@H]1O[C@H](C(=O)O)[C@@H](O)[C@H](O)[C@H]1O. The van der Waals surface area contributed by atoms with Gasteiger partial charge in [-0.1, -0.05) is 6.07 Å². The minimum absolute atomic E-state index is 0.00498. The predicted octanol–water partition coefficient (Wildman–Crippen LogP) is -0.701. The van der Waals surface area contributed by atoms with E-state index in [1.807, 2.05) is 0 Å². The number of aliphatic carboxylic acids is 2. The zero-order valence-electron chi connectivity index (χ0n) is 33.8. The quantitative estimate of drug-likeness (QED) is 0.0491. The number of carboxylic acids is 3. The Morgan fingerprint density at radius 2 is 1.49 bits per heavy atom. The molecule has 346 valence electrons. The van der Waals surface area contributed by atoms with E-state index in [1.54, 1.807) is 0 Å². The maximum Gasteiger partial charge on any atom is 0.410 e. The van der Waals surface area contributed by atoms with Crippen LogP contribution in [0.3, 0.4) is 0 Å². The van der Waals surface area contributed by atoms with Gasteiger partial charge in [-0.05, 0) is 36.6 Å². The van der Waals surface area contributed by atoms with E-state index in [0.29, 0.717) is 36.7 Å². The van der Waals surface area contributed by atoms with Crippen molar-refractivity contribution in [2.24, 2.45) is 0 Å². The monoisotopic (exact) mass is 912 g/mol. The number of aliphatic hydroxyl groups is 3. The molecule has 0 spiro atoms. The minimum atomic E-state index is -2.00. The van der Waals surface area contributed by atoms with Crippen LogP contribution >= 0.6 is 11.3 Å². The third kappa shape index (κ3) is 14.9. The van der Waals surface area contributed by atoms with Gasteiger partial charge in [0.15, 0.2) is 6.10 Å². The second kappa shape index (κ2) is 24.2. The highest BCUT2D eigenvalue weighted by atomic mass is 32.1. The van der Waals surface area contributed by atoms with Crippen LogP contribution in [-0.2, 0) is 72.0 Å². The van der Waals surface area contributed by atoms with Crippen molar-refractivity contribution in [2.75, 3.05) is 63.4 Å². The summed E-state index contributed by atoms with van der Waals surface area (Å²) in [5.74, 6) is -7.56. The second-order valence-electron chi connectivity index (χ2n) is 13.9. The number of nitrogens with zero attached hydrogens (tertiary/aromatic N) is 1. The number of carboxylic acid groups (broad SMARTS) is 3. The molecule has 0 saturated carbocycles. The number of carbonyl (C=O) groups excluding carboxylic acids is 5. The van der Waals surface area contributed by atoms with Crippen LogP contribution in [0, 0.1) is 0 Å². The van der Waals surface area contributed by atoms with Crippen molar-refractivity contribution in [1.29, 1.82) is 0 Å². The molecule has 5 atom stereocenters. The maximum atomic E-state index is 13.2. The van der Waals surface area contributed by atoms with Gasteiger partial charge >= 0.3 is 29.9 Å². The van der Waals surface area contributed by atoms with Gasteiger partial charge < -0.3 is 79.9 Å². The first-order valence-electron chi connectivity index (χ1n) is 19.3. The largest absolute Gasteiger partial charge is 0.479 e. The van der Waals surface area contributed by atoms with E-state index in [-0.39, 0.29) is 92.1 Å². The number of ether oxygens (including phenoxy) is 6. The second-order valence-corrected chi connectivity index (χ2v) is 15.0. The third-order valence-corrected chi connectivity index (χ3v) is 10.3. The molecule has 3 heterocycles. The maximum absolute atomic E-state index is 13.2. The summed E-state index contributed by atoms with van der Waals surface area (Å²) < 4.78 is 32.3. The number of thiophene rings is 1. The molecule has 0 aliphatic carbocycles. The number of aliphatic hydroxyl groups excluding tert-OH is 3. The molecule has 2 aliphatic rings. The zero-order chi connectivity index (χ0) is 46.2. The summed E-state index contributed by atoms with van der Waals surface area (Å²) in [6.07, 6.45) is -10.5. The Balaban J connectivity index is 1.34. The van der Waals surface area contributed by atoms with Gasteiger partial charge in [0, 0.05) is 37.2 Å². The van der Waals surface area contributed by atoms with Crippen molar-refractivity contribution in [1.82, 2.24) is 10.2 Å². The molecular weight excluding hydrogens is 864 g/mol. The fourth-order valence-electron chi connectivity index (χ4n) is 5.95. The molecule has 0 unspecified atom stereocenters. The highest BCUT2D eigenvalue weighted by Gasteiger charge is 2.48. The van der Waals surface area contributed by atoms with Gasteiger partial charge in [-0.2, -0.15) is 0 Å². The fraction of sp³-hybridized carbons (Fsp3) is 0.526. The smallest absolute Gasteiger partial charge is 0.410 e. The Bertz CT molecular complexity index is 1990. The predicted molar refractivity (Wildman–Crippen MR) is 212 cm³/mol. The average Bonchev–Trinajstić information content (AvgIpc) is 3.59. The fourth-order valence-corrected chi connectivity index (χ4v) is 7.20. The molecule has 4 rings (SSSR count). The molecule has 1 aromatic heterocycles. The number of nitrogens with one attached hydrogen (secondary N) is 3. The Morgan fingerprint density at radius 3 is 2.13 bits per heavy atom. The van der Waals surface area contributed by atoms with Crippen molar-refractivity contribution in [2.45, 2.75) is 76.5 Å². The Kier molecular flexibility index (Phi) is 19.1. The lowest BCUT2D eigenvalue weighted by atomic mass is 9.99. The average molecular weight is 913 g/mol. The Morgan fingerprint density at radius 1 is 0.825 bits per heavy atom. The number of anilines is 2. The van der Waals surface area contributed by atoms with Crippen molar-refractivity contribution < 1.29 is 97.4 Å². The topological polar surface area (TPSA) is 353 Å². The van der Waals surface area contributed by atoms with E-state index < -0.39 is 79.0 Å². The van der Waals surface area contributed by atoms with Crippen molar-refractivity contribution >= 4 is 69.5 Å². The highest BCUT2D eigenvalue weighted by Crippen LogP contribution is 2.38. The number of hydrogen-bond donors (Lipinski definition) is 9. The number of carbonyl (C=O) groups is 8. The molecular formula is C38H48N4O20S. The lowest BCUT2D eigenvalue weighted by Gasteiger charge is -2.38. The molecule has 2 aromatic rings. The van der Waals surface area contributed by atoms with Crippen LogP contribution < -0.4 is 20.7 Å². The summed E-state index contributed by atoms with van der Waals surface area (Å²) in [6.45, 7) is 2.35. The van der Waals surface area contributed by atoms with Gasteiger partial charge in [0.2, 0.25) is 18.1 Å². The summed E-state index contributed by atoms with van der Waals surface area (Å²) in [5, 5.41) is 66.0.